The van der Waals surface area contributed by atoms with Crippen LogP contribution < -0.4 is 10.5 Å². The number of nitrogens with one attached hydrogen (secondary N) is 1. The minimum absolute atomic E-state index is 0.292. The second-order valence-electron chi connectivity index (χ2n) is 5.01. The van der Waals surface area contributed by atoms with Crippen molar-refractivity contribution >= 4 is 10.2 Å². The molecule has 0 aromatic carbocycles. The van der Waals surface area contributed by atoms with Gasteiger partial charge in [-0.2, -0.15) is 17.4 Å². The molecule has 0 radical (unpaired) electrons. The van der Waals surface area contributed by atoms with E-state index in [4.69, 9.17) is 5.73 Å². The van der Waals surface area contributed by atoms with E-state index in [1.54, 1.807) is 13.8 Å². The van der Waals surface area contributed by atoms with Crippen molar-refractivity contribution in [1.82, 2.24) is 9.03 Å². The Labute approximate surface area is 98.6 Å². The van der Waals surface area contributed by atoms with Gasteiger partial charge < -0.3 is 5.73 Å². The summed E-state index contributed by atoms with van der Waals surface area (Å²) in [6.45, 7) is 5.12. The summed E-state index contributed by atoms with van der Waals surface area (Å²) in [7, 11) is -3.37. The lowest BCUT2D eigenvalue weighted by molar-refractivity contribution is 0.386. The maximum absolute atomic E-state index is 12.1. The average molecular weight is 249 g/mol. The standard InChI is InChI=1S/C10H23N3O2S/c1-10(2,9-11)12-16(14,15)13-7-5-3-4-6-8-13/h12H,3-9,11H2,1-2H3. The van der Waals surface area contributed by atoms with Gasteiger partial charge in [0.1, 0.15) is 0 Å². The van der Waals surface area contributed by atoms with E-state index in [1.807, 2.05) is 0 Å². The average Bonchev–Trinajstić information content (AvgIpc) is 2.44. The second kappa shape index (κ2) is 5.44. The van der Waals surface area contributed by atoms with Crippen molar-refractivity contribution in [3.8, 4) is 0 Å². The zero-order valence-electron chi connectivity index (χ0n) is 10.2. The Morgan fingerprint density at radius 1 is 1.19 bits per heavy atom. The summed E-state index contributed by atoms with van der Waals surface area (Å²) in [4.78, 5) is 0. The molecular formula is C10H23N3O2S. The van der Waals surface area contributed by atoms with E-state index in [1.165, 1.54) is 4.31 Å². The van der Waals surface area contributed by atoms with Gasteiger partial charge in [-0.25, -0.2) is 0 Å². The van der Waals surface area contributed by atoms with Crippen LogP contribution in [0.15, 0.2) is 0 Å². The Bertz CT molecular complexity index is 306. The third-order valence-corrected chi connectivity index (χ3v) is 4.68. The first kappa shape index (κ1) is 13.9. The predicted molar refractivity (Wildman–Crippen MR) is 65.2 cm³/mol. The van der Waals surface area contributed by atoms with E-state index in [9.17, 15) is 8.42 Å². The Morgan fingerprint density at radius 3 is 2.12 bits per heavy atom. The minimum atomic E-state index is -3.37. The Kier molecular flexibility index (Phi) is 4.73. The van der Waals surface area contributed by atoms with Crippen molar-refractivity contribution < 1.29 is 8.42 Å². The quantitative estimate of drug-likeness (QED) is 0.759. The highest BCUT2D eigenvalue weighted by molar-refractivity contribution is 7.87. The molecule has 0 spiro atoms. The summed E-state index contributed by atoms with van der Waals surface area (Å²) in [5, 5.41) is 0. The van der Waals surface area contributed by atoms with Crippen LogP contribution in [0.25, 0.3) is 0 Å². The van der Waals surface area contributed by atoms with Crippen LogP contribution in [0.5, 0.6) is 0 Å². The van der Waals surface area contributed by atoms with Gasteiger partial charge in [-0.05, 0) is 26.7 Å². The summed E-state index contributed by atoms with van der Waals surface area (Å²) in [5.74, 6) is 0. The van der Waals surface area contributed by atoms with Crippen molar-refractivity contribution in [2.45, 2.75) is 45.1 Å². The Morgan fingerprint density at radius 2 is 1.69 bits per heavy atom. The topological polar surface area (TPSA) is 75.4 Å². The van der Waals surface area contributed by atoms with E-state index in [0.29, 0.717) is 19.6 Å². The van der Waals surface area contributed by atoms with E-state index in [0.717, 1.165) is 25.7 Å². The van der Waals surface area contributed by atoms with Gasteiger partial charge in [-0.1, -0.05) is 12.8 Å². The molecule has 0 bridgehead atoms. The molecule has 1 saturated heterocycles. The Hall–Kier alpha value is -0.170. The number of hydrogen-bond acceptors (Lipinski definition) is 3. The van der Waals surface area contributed by atoms with Crippen molar-refractivity contribution in [1.29, 1.82) is 0 Å². The van der Waals surface area contributed by atoms with Gasteiger partial charge in [0.2, 0.25) is 0 Å². The largest absolute Gasteiger partial charge is 0.329 e. The minimum Gasteiger partial charge on any atom is -0.329 e. The van der Waals surface area contributed by atoms with Crippen LogP contribution in [-0.2, 0) is 10.2 Å². The van der Waals surface area contributed by atoms with Crippen molar-refractivity contribution in [3.05, 3.63) is 0 Å². The van der Waals surface area contributed by atoms with Gasteiger partial charge in [0.25, 0.3) is 10.2 Å². The number of hydrogen-bond donors (Lipinski definition) is 2. The maximum atomic E-state index is 12.1. The molecule has 0 aliphatic carbocycles. The van der Waals surface area contributed by atoms with Crippen molar-refractivity contribution in [3.63, 3.8) is 0 Å². The molecule has 1 rings (SSSR count). The van der Waals surface area contributed by atoms with Gasteiger partial charge >= 0.3 is 0 Å². The molecule has 0 amide bonds. The maximum Gasteiger partial charge on any atom is 0.279 e. The first-order chi connectivity index (χ1) is 7.37. The SMILES string of the molecule is CC(C)(CN)NS(=O)(=O)N1CCCCCC1. The van der Waals surface area contributed by atoms with Crippen LogP contribution in [-0.4, -0.2) is 37.9 Å². The zero-order valence-corrected chi connectivity index (χ0v) is 11.0. The monoisotopic (exact) mass is 249 g/mol. The lowest BCUT2D eigenvalue weighted by Gasteiger charge is -2.28. The van der Waals surface area contributed by atoms with E-state index in [-0.39, 0.29) is 0 Å². The van der Waals surface area contributed by atoms with Gasteiger partial charge in [0.05, 0.1) is 0 Å². The van der Waals surface area contributed by atoms with E-state index in [2.05, 4.69) is 4.72 Å². The molecule has 0 atom stereocenters. The van der Waals surface area contributed by atoms with Gasteiger partial charge in [-0.15, -0.1) is 0 Å². The van der Waals surface area contributed by atoms with Crippen LogP contribution >= 0.6 is 0 Å². The highest BCUT2D eigenvalue weighted by Crippen LogP contribution is 2.14. The summed E-state index contributed by atoms with van der Waals surface area (Å²) >= 11 is 0. The van der Waals surface area contributed by atoms with Gasteiger partial charge in [0.15, 0.2) is 0 Å². The second-order valence-corrected chi connectivity index (χ2v) is 6.68. The summed E-state index contributed by atoms with van der Waals surface area (Å²) in [5.41, 5.74) is 4.95. The molecule has 6 heteroatoms. The third kappa shape index (κ3) is 4.01. The van der Waals surface area contributed by atoms with Crippen LogP contribution in [0.1, 0.15) is 39.5 Å². The molecule has 1 aliphatic heterocycles. The molecule has 96 valence electrons. The van der Waals surface area contributed by atoms with Crippen LogP contribution in [0.3, 0.4) is 0 Å². The molecule has 1 aliphatic rings. The van der Waals surface area contributed by atoms with Crippen LogP contribution in [0.2, 0.25) is 0 Å². The van der Waals surface area contributed by atoms with Gasteiger partial charge in [-0.3, -0.25) is 0 Å². The normalized spacial score (nSPS) is 20.7. The van der Waals surface area contributed by atoms with E-state index < -0.39 is 15.7 Å². The van der Waals surface area contributed by atoms with E-state index >= 15 is 0 Å². The molecule has 16 heavy (non-hydrogen) atoms. The highest BCUT2D eigenvalue weighted by Gasteiger charge is 2.29. The van der Waals surface area contributed by atoms with Crippen LogP contribution in [0, 0.1) is 0 Å². The summed E-state index contributed by atoms with van der Waals surface area (Å²) < 4.78 is 28.3. The third-order valence-electron chi connectivity index (χ3n) is 2.82. The predicted octanol–water partition coefficient (Wildman–Crippen LogP) is 0.434. The molecule has 0 aromatic rings. The Balaban J connectivity index is 2.68. The molecule has 1 heterocycles. The molecule has 0 saturated carbocycles. The first-order valence-corrected chi connectivity index (χ1v) is 7.30. The molecule has 5 nitrogen and oxygen atoms in total. The zero-order chi connectivity index (χ0) is 12.2. The fraction of sp³-hybridized carbons (Fsp3) is 1.00. The smallest absolute Gasteiger partial charge is 0.279 e. The fourth-order valence-electron chi connectivity index (χ4n) is 1.74. The molecule has 1 fully saturated rings. The summed E-state index contributed by atoms with van der Waals surface area (Å²) in [6, 6.07) is 0. The molecule has 3 N–H and O–H groups in total. The van der Waals surface area contributed by atoms with Gasteiger partial charge in [0, 0.05) is 25.2 Å². The highest BCUT2D eigenvalue weighted by atomic mass is 32.2. The molecule has 0 aromatic heterocycles. The number of nitrogens with two attached hydrogens (primary N) is 1. The summed E-state index contributed by atoms with van der Waals surface area (Å²) in [6.07, 6.45) is 4.13. The van der Waals surface area contributed by atoms with Crippen molar-refractivity contribution in [2.75, 3.05) is 19.6 Å². The van der Waals surface area contributed by atoms with Crippen molar-refractivity contribution in [2.24, 2.45) is 5.73 Å². The molecular weight excluding hydrogens is 226 g/mol. The number of nitrogens with zero attached hydrogens (tertiary/aromatic N) is 1. The lowest BCUT2D eigenvalue weighted by Crippen LogP contribution is -2.53. The fourth-order valence-corrected chi connectivity index (χ4v) is 3.39. The molecule has 0 unspecified atom stereocenters. The van der Waals surface area contributed by atoms with Crippen LogP contribution in [0.4, 0.5) is 0 Å². The number of rotatable bonds is 4. The first-order valence-electron chi connectivity index (χ1n) is 5.86. The lowest BCUT2D eigenvalue weighted by atomic mass is 10.1.